The molecule has 0 aliphatic carbocycles. The second-order valence-corrected chi connectivity index (χ2v) is 5.40. The Morgan fingerprint density at radius 2 is 1.94 bits per heavy atom. The molecule has 3 heteroatoms. The summed E-state index contributed by atoms with van der Waals surface area (Å²) in [6.07, 6.45) is 0.990. The molecule has 0 aliphatic heterocycles. The molecule has 0 aromatic heterocycles. The van der Waals surface area contributed by atoms with E-state index in [4.69, 9.17) is 9.47 Å². The summed E-state index contributed by atoms with van der Waals surface area (Å²) in [6.45, 7) is 10.0. The number of para-hydroxylation sites is 1. The van der Waals surface area contributed by atoms with Crippen molar-refractivity contribution in [2.75, 3.05) is 13.7 Å². The topological polar surface area (TPSA) is 30.5 Å². The molecule has 0 amide bonds. The lowest BCUT2D eigenvalue weighted by Crippen LogP contribution is -2.35. The van der Waals surface area contributed by atoms with Crippen LogP contribution in [0.1, 0.15) is 39.7 Å². The Kier molecular flexibility index (Phi) is 5.48. The Morgan fingerprint density at radius 1 is 1.22 bits per heavy atom. The monoisotopic (exact) mass is 251 g/mol. The maximum absolute atomic E-state index is 5.81. The lowest BCUT2D eigenvalue weighted by Gasteiger charge is -2.22. The molecule has 1 aromatic carbocycles. The van der Waals surface area contributed by atoms with E-state index in [1.54, 1.807) is 7.11 Å². The Hall–Kier alpha value is -1.22. The first-order chi connectivity index (χ1) is 8.48. The van der Waals surface area contributed by atoms with Gasteiger partial charge in [-0.1, -0.05) is 19.1 Å². The average molecular weight is 251 g/mol. The highest BCUT2D eigenvalue weighted by Crippen LogP contribution is 2.31. The van der Waals surface area contributed by atoms with Crippen LogP contribution < -0.4 is 14.8 Å². The number of benzene rings is 1. The molecule has 0 radical (unpaired) electrons. The van der Waals surface area contributed by atoms with Crippen LogP contribution in [0.4, 0.5) is 0 Å². The average Bonchev–Trinajstić information content (AvgIpc) is 2.33. The minimum Gasteiger partial charge on any atom is -0.493 e. The fourth-order valence-electron chi connectivity index (χ4n) is 1.59. The predicted octanol–water partition coefficient (Wildman–Crippen LogP) is 3.37. The van der Waals surface area contributed by atoms with Gasteiger partial charge in [-0.15, -0.1) is 0 Å². The summed E-state index contributed by atoms with van der Waals surface area (Å²) in [5, 5.41) is 3.47. The highest BCUT2D eigenvalue weighted by Gasteiger charge is 2.13. The first kappa shape index (κ1) is 14.8. The third-order valence-corrected chi connectivity index (χ3v) is 2.54. The first-order valence-corrected chi connectivity index (χ1v) is 6.51. The Labute approximate surface area is 110 Å². The number of hydrogen-bond donors (Lipinski definition) is 1. The smallest absolute Gasteiger partial charge is 0.165 e. The third kappa shape index (κ3) is 4.57. The summed E-state index contributed by atoms with van der Waals surface area (Å²) in [5.74, 6) is 1.66. The maximum atomic E-state index is 5.81. The van der Waals surface area contributed by atoms with Crippen LogP contribution in [0.15, 0.2) is 18.2 Å². The molecular formula is C15H25NO2. The maximum Gasteiger partial charge on any atom is 0.165 e. The minimum atomic E-state index is 0.0884. The summed E-state index contributed by atoms with van der Waals surface area (Å²) >= 11 is 0. The van der Waals surface area contributed by atoms with Gasteiger partial charge in [-0.25, -0.2) is 0 Å². The molecule has 0 saturated heterocycles. The van der Waals surface area contributed by atoms with Gasteiger partial charge in [0.15, 0.2) is 11.5 Å². The van der Waals surface area contributed by atoms with Gasteiger partial charge in [-0.05, 0) is 33.3 Å². The molecule has 0 atom stereocenters. The molecule has 3 nitrogen and oxygen atoms in total. The Morgan fingerprint density at radius 3 is 2.50 bits per heavy atom. The fourth-order valence-corrected chi connectivity index (χ4v) is 1.59. The molecule has 0 spiro atoms. The van der Waals surface area contributed by atoms with Crippen LogP contribution in [0, 0.1) is 0 Å². The van der Waals surface area contributed by atoms with E-state index >= 15 is 0 Å². The van der Waals surface area contributed by atoms with Crippen LogP contribution in [-0.4, -0.2) is 19.3 Å². The summed E-state index contributed by atoms with van der Waals surface area (Å²) in [6, 6.07) is 6.01. The van der Waals surface area contributed by atoms with E-state index in [0.29, 0.717) is 6.61 Å². The summed E-state index contributed by atoms with van der Waals surface area (Å²) in [4.78, 5) is 0. The van der Waals surface area contributed by atoms with Gasteiger partial charge in [0, 0.05) is 17.6 Å². The van der Waals surface area contributed by atoms with Crippen molar-refractivity contribution in [2.45, 2.75) is 46.2 Å². The van der Waals surface area contributed by atoms with Crippen molar-refractivity contribution in [2.24, 2.45) is 0 Å². The lowest BCUT2D eigenvalue weighted by molar-refractivity contribution is 0.289. The second kappa shape index (κ2) is 6.64. The van der Waals surface area contributed by atoms with Gasteiger partial charge in [-0.3, -0.25) is 0 Å². The molecule has 0 aliphatic rings. The van der Waals surface area contributed by atoms with Crippen molar-refractivity contribution >= 4 is 0 Å². The zero-order valence-corrected chi connectivity index (χ0v) is 12.2. The van der Waals surface area contributed by atoms with Crippen molar-refractivity contribution < 1.29 is 9.47 Å². The van der Waals surface area contributed by atoms with E-state index in [9.17, 15) is 0 Å². The molecule has 1 N–H and O–H groups in total. The van der Waals surface area contributed by atoms with E-state index in [1.165, 1.54) is 0 Å². The number of hydrogen-bond acceptors (Lipinski definition) is 3. The molecule has 18 heavy (non-hydrogen) atoms. The van der Waals surface area contributed by atoms with E-state index in [-0.39, 0.29) is 5.54 Å². The van der Waals surface area contributed by atoms with Crippen LogP contribution in [0.2, 0.25) is 0 Å². The van der Waals surface area contributed by atoms with Crippen LogP contribution in [0.3, 0.4) is 0 Å². The van der Waals surface area contributed by atoms with E-state index in [0.717, 1.165) is 30.0 Å². The predicted molar refractivity (Wildman–Crippen MR) is 75.4 cm³/mol. The molecule has 1 aromatic rings. The summed E-state index contributed by atoms with van der Waals surface area (Å²) in [7, 11) is 1.68. The summed E-state index contributed by atoms with van der Waals surface area (Å²) < 4.78 is 11.2. The van der Waals surface area contributed by atoms with Gasteiger partial charge >= 0.3 is 0 Å². The van der Waals surface area contributed by atoms with Gasteiger partial charge in [-0.2, -0.15) is 0 Å². The normalized spacial score (nSPS) is 11.4. The van der Waals surface area contributed by atoms with Crippen molar-refractivity contribution in [3.05, 3.63) is 23.8 Å². The molecule has 102 valence electrons. The number of methoxy groups -OCH3 is 1. The highest BCUT2D eigenvalue weighted by molar-refractivity contribution is 5.46. The number of nitrogens with one attached hydrogen (secondary N) is 1. The van der Waals surface area contributed by atoms with Crippen molar-refractivity contribution in [3.63, 3.8) is 0 Å². The quantitative estimate of drug-likeness (QED) is 0.841. The van der Waals surface area contributed by atoms with Gasteiger partial charge < -0.3 is 14.8 Å². The lowest BCUT2D eigenvalue weighted by atomic mass is 10.1. The van der Waals surface area contributed by atoms with E-state index < -0.39 is 0 Å². The molecule has 0 fully saturated rings. The van der Waals surface area contributed by atoms with E-state index in [2.05, 4.69) is 39.1 Å². The van der Waals surface area contributed by atoms with Crippen molar-refractivity contribution in [1.82, 2.24) is 5.32 Å². The van der Waals surface area contributed by atoms with Crippen LogP contribution in [0.5, 0.6) is 11.5 Å². The molecule has 0 saturated carbocycles. The second-order valence-electron chi connectivity index (χ2n) is 5.40. The Balaban J connectivity index is 2.87. The summed E-state index contributed by atoms with van der Waals surface area (Å²) in [5.41, 5.74) is 1.23. The molecular weight excluding hydrogens is 226 g/mol. The van der Waals surface area contributed by atoms with Crippen molar-refractivity contribution in [3.8, 4) is 11.5 Å². The molecule has 0 bridgehead atoms. The first-order valence-electron chi connectivity index (χ1n) is 6.51. The van der Waals surface area contributed by atoms with Gasteiger partial charge in [0.25, 0.3) is 0 Å². The van der Waals surface area contributed by atoms with Crippen molar-refractivity contribution in [1.29, 1.82) is 0 Å². The molecule has 0 heterocycles. The highest BCUT2D eigenvalue weighted by atomic mass is 16.5. The Bertz CT molecular complexity index is 369. The largest absolute Gasteiger partial charge is 0.493 e. The third-order valence-electron chi connectivity index (χ3n) is 2.54. The van der Waals surface area contributed by atoms with E-state index in [1.807, 2.05) is 12.1 Å². The molecule has 0 unspecified atom stereocenters. The fraction of sp³-hybridized carbons (Fsp3) is 0.600. The van der Waals surface area contributed by atoms with Gasteiger partial charge in [0.2, 0.25) is 0 Å². The van der Waals surface area contributed by atoms with Gasteiger partial charge in [0.05, 0.1) is 13.7 Å². The number of rotatable bonds is 6. The SMILES string of the molecule is CCCOc1c(CNC(C)(C)C)cccc1OC. The standard InChI is InChI=1S/C15H25NO2/c1-6-10-18-14-12(11-16-15(2,3)4)8-7-9-13(14)17-5/h7-9,16H,6,10-11H2,1-5H3. The van der Waals surface area contributed by atoms with Crippen LogP contribution >= 0.6 is 0 Å². The van der Waals surface area contributed by atoms with Crippen LogP contribution in [0.25, 0.3) is 0 Å². The molecule has 1 rings (SSSR count). The van der Waals surface area contributed by atoms with Crippen LogP contribution in [-0.2, 0) is 6.54 Å². The minimum absolute atomic E-state index is 0.0884. The van der Waals surface area contributed by atoms with Gasteiger partial charge in [0.1, 0.15) is 0 Å². The zero-order chi connectivity index (χ0) is 13.6. The zero-order valence-electron chi connectivity index (χ0n) is 12.2. The number of ether oxygens (including phenoxy) is 2.